The molecule has 0 atom stereocenters. The quantitative estimate of drug-likeness (QED) is 0.605. The summed E-state index contributed by atoms with van der Waals surface area (Å²) in [5, 5.41) is 0. The fraction of sp³-hybridized carbons (Fsp3) is 0.211. The largest absolute Gasteiger partial charge is 0.456 e. The van der Waals surface area contributed by atoms with Gasteiger partial charge in [-0.25, -0.2) is 4.79 Å². The van der Waals surface area contributed by atoms with Crippen LogP contribution in [0.1, 0.15) is 36.7 Å². The molecule has 0 unspecified atom stereocenters. The molecule has 0 spiro atoms. The van der Waals surface area contributed by atoms with Gasteiger partial charge in [0.15, 0.2) is 0 Å². The highest BCUT2D eigenvalue weighted by molar-refractivity contribution is 5.90. The smallest absolute Gasteiger partial charge is 0.338 e. The first-order valence-electron chi connectivity index (χ1n) is 6.79. The average molecular weight is 278 g/mol. The molecule has 0 heterocycles. The van der Waals surface area contributed by atoms with E-state index in [9.17, 15) is 4.79 Å². The van der Waals surface area contributed by atoms with E-state index in [1.807, 2.05) is 57.2 Å². The van der Waals surface area contributed by atoms with Crippen LogP contribution in [0.2, 0.25) is 0 Å². The summed E-state index contributed by atoms with van der Waals surface area (Å²) in [4.78, 5) is 12.0. The fourth-order valence-corrected chi connectivity index (χ4v) is 1.92. The lowest BCUT2D eigenvalue weighted by Gasteiger charge is -2.19. The molecular weight excluding hydrogens is 260 g/mol. The molecule has 2 aromatic rings. The lowest BCUT2D eigenvalue weighted by Crippen LogP contribution is -2.23. The van der Waals surface area contributed by atoms with Crippen molar-refractivity contribution in [1.29, 1.82) is 0 Å². The molecule has 0 radical (unpaired) electrons. The molecule has 0 fully saturated rings. The highest BCUT2D eigenvalue weighted by Crippen LogP contribution is 2.21. The number of esters is 1. The number of carbonyl (C=O) groups is 1. The zero-order valence-electron chi connectivity index (χ0n) is 12.5. The van der Waals surface area contributed by atoms with E-state index in [1.54, 1.807) is 12.1 Å². The summed E-state index contributed by atoms with van der Waals surface area (Å²) in [6, 6.07) is 15.1. The van der Waals surface area contributed by atoms with Crippen molar-refractivity contribution >= 4 is 5.97 Å². The van der Waals surface area contributed by atoms with Crippen molar-refractivity contribution in [3.8, 4) is 23.5 Å². The van der Waals surface area contributed by atoms with E-state index >= 15 is 0 Å². The summed E-state index contributed by atoms with van der Waals surface area (Å²) in [7, 11) is 0. The monoisotopic (exact) mass is 278 g/mol. The molecular formula is C19H18O2. The minimum Gasteiger partial charge on any atom is -0.456 e. The van der Waals surface area contributed by atoms with Gasteiger partial charge in [-0.2, -0.15) is 0 Å². The van der Waals surface area contributed by atoms with Gasteiger partial charge in [0.25, 0.3) is 0 Å². The first-order valence-corrected chi connectivity index (χ1v) is 6.79. The Morgan fingerprint density at radius 1 is 1.05 bits per heavy atom. The second-order valence-corrected chi connectivity index (χ2v) is 5.80. The van der Waals surface area contributed by atoms with E-state index in [0.29, 0.717) is 5.56 Å². The van der Waals surface area contributed by atoms with Crippen LogP contribution in [0.5, 0.6) is 0 Å². The highest BCUT2D eigenvalue weighted by atomic mass is 16.6. The van der Waals surface area contributed by atoms with Gasteiger partial charge in [-0.3, -0.25) is 0 Å². The van der Waals surface area contributed by atoms with Crippen molar-refractivity contribution in [3.05, 3.63) is 59.7 Å². The van der Waals surface area contributed by atoms with Crippen LogP contribution in [0.25, 0.3) is 11.1 Å². The van der Waals surface area contributed by atoms with Crippen molar-refractivity contribution in [2.45, 2.75) is 26.4 Å². The Balaban J connectivity index is 2.23. The molecule has 0 saturated heterocycles. The van der Waals surface area contributed by atoms with Crippen LogP contribution in [0, 0.1) is 12.3 Å². The molecule has 0 aliphatic rings. The lowest BCUT2D eigenvalue weighted by molar-refractivity contribution is 0.00696. The zero-order chi connectivity index (χ0) is 15.5. The molecule has 2 rings (SSSR count). The minimum absolute atomic E-state index is 0.313. The predicted octanol–water partition coefficient (Wildman–Crippen LogP) is 4.29. The maximum absolute atomic E-state index is 12.0. The Morgan fingerprint density at radius 3 is 2.29 bits per heavy atom. The highest BCUT2D eigenvalue weighted by Gasteiger charge is 2.17. The SMILES string of the molecule is C#Cc1cccc(-c2ccc(C(=O)OC(C)(C)C)cc2)c1. The first kappa shape index (κ1) is 14.9. The Kier molecular flexibility index (Phi) is 4.14. The molecule has 2 aromatic carbocycles. The van der Waals surface area contributed by atoms with Gasteiger partial charge in [-0.1, -0.05) is 30.2 Å². The number of carbonyl (C=O) groups excluding carboxylic acids is 1. The molecule has 0 bridgehead atoms. The number of hydrogen-bond donors (Lipinski definition) is 0. The molecule has 0 saturated carbocycles. The van der Waals surface area contributed by atoms with E-state index in [4.69, 9.17) is 11.2 Å². The van der Waals surface area contributed by atoms with Crippen LogP contribution in [-0.4, -0.2) is 11.6 Å². The van der Waals surface area contributed by atoms with Crippen LogP contribution in [0.15, 0.2) is 48.5 Å². The first-order chi connectivity index (χ1) is 9.89. The van der Waals surface area contributed by atoms with Crippen LogP contribution in [0.3, 0.4) is 0 Å². The van der Waals surface area contributed by atoms with Crippen LogP contribution < -0.4 is 0 Å². The lowest BCUT2D eigenvalue weighted by atomic mass is 10.0. The standard InChI is InChI=1S/C19H18O2/c1-5-14-7-6-8-17(13-14)15-9-11-16(12-10-15)18(20)21-19(2,3)4/h1,6-13H,2-4H3. The second-order valence-electron chi connectivity index (χ2n) is 5.80. The summed E-state index contributed by atoms with van der Waals surface area (Å²) < 4.78 is 5.34. The van der Waals surface area contributed by atoms with Crippen molar-refractivity contribution in [2.24, 2.45) is 0 Å². The third-order valence-electron chi connectivity index (χ3n) is 2.88. The number of terminal acetylenes is 1. The molecule has 0 amide bonds. The van der Waals surface area contributed by atoms with Crippen molar-refractivity contribution in [3.63, 3.8) is 0 Å². The summed E-state index contributed by atoms with van der Waals surface area (Å²) in [5.74, 6) is 2.30. The minimum atomic E-state index is -0.489. The summed E-state index contributed by atoms with van der Waals surface area (Å²) >= 11 is 0. The third-order valence-corrected chi connectivity index (χ3v) is 2.88. The Labute approximate surface area is 125 Å². The van der Waals surface area contributed by atoms with Gasteiger partial charge in [-0.05, 0) is 56.2 Å². The third kappa shape index (κ3) is 3.97. The fourth-order valence-electron chi connectivity index (χ4n) is 1.92. The van der Waals surface area contributed by atoms with Gasteiger partial charge in [-0.15, -0.1) is 6.42 Å². The Bertz CT molecular complexity index is 683. The summed E-state index contributed by atoms with van der Waals surface area (Å²) in [6.07, 6.45) is 5.41. The summed E-state index contributed by atoms with van der Waals surface area (Å²) in [6.45, 7) is 5.56. The Hall–Kier alpha value is -2.53. The van der Waals surface area contributed by atoms with E-state index in [2.05, 4.69) is 5.92 Å². The molecule has 0 N–H and O–H groups in total. The number of rotatable bonds is 2. The van der Waals surface area contributed by atoms with Gasteiger partial charge < -0.3 is 4.74 Å². The van der Waals surface area contributed by atoms with Crippen molar-refractivity contribution < 1.29 is 9.53 Å². The molecule has 2 nitrogen and oxygen atoms in total. The number of ether oxygens (including phenoxy) is 1. The molecule has 0 aliphatic heterocycles. The zero-order valence-corrected chi connectivity index (χ0v) is 12.5. The van der Waals surface area contributed by atoms with Gasteiger partial charge in [0.05, 0.1) is 5.56 Å². The maximum Gasteiger partial charge on any atom is 0.338 e. The van der Waals surface area contributed by atoms with E-state index in [-0.39, 0.29) is 5.97 Å². The van der Waals surface area contributed by atoms with E-state index < -0.39 is 5.60 Å². The molecule has 106 valence electrons. The second kappa shape index (κ2) is 5.85. The van der Waals surface area contributed by atoms with Gasteiger partial charge in [0, 0.05) is 5.56 Å². The Morgan fingerprint density at radius 2 is 1.71 bits per heavy atom. The summed E-state index contributed by atoms with van der Waals surface area (Å²) in [5.41, 5.74) is 2.93. The van der Waals surface area contributed by atoms with Crippen LogP contribution in [-0.2, 0) is 4.74 Å². The topological polar surface area (TPSA) is 26.3 Å². The van der Waals surface area contributed by atoms with Crippen molar-refractivity contribution in [2.75, 3.05) is 0 Å². The van der Waals surface area contributed by atoms with Crippen LogP contribution >= 0.6 is 0 Å². The van der Waals surface area contributed by atoms with E-state index in [1.165, 1.54) is 0 Å². The van der Waals surface area contributed by atoms with Gasteiger partial charge >= 0.3 is 5.97 Å². The van der Waals surface area contributed by atoms with Gasteiger partial charge in [0.2, 0.25) is 0 Å². The number of benzene rings is 2. The molecule has 0 aromatic heterocycles. The van der Waals surface area contributed by atoms with Crippen LogP contribution in [0.4, 0.5) is 0 Å². The molecule has 0 aliphatic carbocycles. The predicted molar refractivity (Wildman–Crippen MR) is 85.0 cm³/mol. The van der Waals surface area contributed by atoms with Crippen molar-refractivity contribution in [1.82, 2.24) is 0 Å². The van der Waals surface area contributed by atoms with E-state index in [0.717, 1.165) is 16.7 Å². The average Bonchev–Trinajstić information content (AvgIpc) is 2.46. The molecule has 21 heavy (non-hydrogen) atoms. The maximum atomic E-state index is 12.0. The molecule has 2 heteroatoms. The van der Waals surface area contributed by atoms with Gasteiger partial charge in [0.1, 0.15) is 5.60 Å². The number of hydrogen-bond acceptors (Lipinski definition) is 2. The normalized spacial score (nSPS) is 10.8.